The first kappa shape index (κ1) is 15.8. The van der Waals surface area contributed by atoms with E-state index < -0.39 is 5.60 Å². The number of para-hydroxylation sites is 1. The maximum Gasteiger partial charge on any atom is 0.324 e. The molecule has 0 fully saturated rings. The van der Waals surface area contributed by atoms with Gasteiger partial charge in [-0.3, -0.25) is 4.79 Å². The molecule has 0 amide bonds. The van der Waals surface area contributed by atoms with E-state index in [9.17, 15) is 4.79 Å². The smallest absolute Gasteiger partial charge is 0.324 e. The number of fused-ring (bicyclic) bond motifs is 1. The molecule has 0 spiro atoms. The van der Waals surface area contributed by atoms with Gasteiger partial charge in [0.2, 0.25) is 0 Å². The number of esters is 1. The van der Waals surface area contributed by atoms with Crippen LogP contribution >= 0.6 is 0 Å². The SMILES string of the molecule is Cc1cccc2c(C3=CCNC(C(=O)OC(C)(C)C)C3)c[nH]c12. The molecule has 3 rings (SSSR count). The number of hydrogen-bond acceptors (Lipinski definition) is 3. The molecule has 2 aromatic rings. The molecule has 1 aliphatic rings. The first-order valence-electron chi connectivity index (χ1n) is 8.07. The lowest BCUT2D eigenvalue weighted by Gasteiger charge is -2.27. The molecule has 2 heterocycles. The summed E-state index contributed by atoms with van der Waals surface area (Å²) in [6, 6.07) is 6.01. The Bertz CT molecular complexity index is 765. The molecule has 1 atom stereocenters. The van der Waals surface area contributed by atoms with Crippen molar-refractivity contribution in [3.05, 3.63) is 41.6 Å². The molecule has 4 heteroatoms. The van der Waals surface area contributed by atoms with E-state index in [0.29, 0.717) is 13.0 Å². The number of aromatic amines is 1. The van der Waals surface area contributed by atoms with Gasteiger partial charge >= 0.3 is 5.97 Å². The Morgan fingerprint density at radius 2 is 2.09 bits per heavy atom. The topological polar surface area (TPSA) is 54.1 Å². The van der Waals surface area contributed by atoms with Crippen molar-refractivity contribution in [1.82, 2.24) is 10.3 Å². The van der Waals surface area contributed by atoms with Crippen LogP contribution in [0.4, 0.5) is 0 Å². The maximum atomic E-state index is 12.3. The van der Waals surface area contributed by atoms with E-state index >= 15 is 0 Å². The Labute approximate surface area is 136 Å². The molecule has 0 saturated heterocycles. The minimum absolute atomic E-state index is 0.181. The predicted octanol–water partition coefficient (Wildman–Crippen LogP) is 3.56. The highest BCUT2D eigenvalue weighted by atomic mass is 16.6. The number of aromatic nitrogens is 1. The summed E-state index contributed by atoms with van der Waals surface area (Å²) in [6.45, 7) is 8.47. The maximum absolute atomic E-state index is 12.3. The average Bonchev–Trinajstić information content (AvgIpc) is 2.91. The van der Waals surface area contributed by atoms with Crippen molar-refractivity contribution in [3.63, 3.8) is 0 Å². The van der Waals surface area contributed by atoms with Crippen LogP contribution in [0.25, 0.3) is 16.5 Å². The quantitative estimate of drug-likeness (QED) is 0.834. The fraction of sp³-hybridized carbons (Fsp3) is 0.421. The number of benzene rings is 1. The predicted molar refractivity (Wildman–Crippen MR) is 93.3 cm³/mol. The number of ether oxygens (including phenoxy) is 1. The molecule has 0 aliphatic carbocycles. The van der Waals surface area contributed by atoms with E-state index in [4.69, 9.17) is 4.74 Å². The van der Waals surface area contributed by atoms with Crippen LogP contribution in [0, 0.1) is 6.92 Å². The Balaban J connectivity index is 1.85. The third-order valence-corrected chi connectivity index (χ3v) is 4.10. The number of nitrogens with one attached hydrogen (secondary N) is 2. The zero-order valence-electron chi connectivity index (χ0n) is 14.2. The van der Waals surface area contributed by atoms with Gasteiger partial charge in [0, 0.05) is 29.2 Å². The van der Waals surface area contributed by atoms with Gasteiger partial charge in [-0.1, -0.05) is 24.3 Å². The van der Waals surface area contributed by atoms with Crippen molar-refractivity contribution < 1.29 is 9.53 Å². The fourth-order valence-corrected chi connectivity index (χ4v) is 3.03. The van der Waals surface area contributed by atoms with E-state index in [-0.39, 0.29) is 12.0 Å². The summed E-state index contributed by atoms with van der Waals surface area (Å²) in [5, 5.41) is 4.44. The number of rotatable bonds is 2. The van der Waals surface area contributed by atoms with E-state index in [1.165, 1.54) is 22.1 Å². The first-order chi connectivity index (χ1) is 10.8. The molecule has 4 nitrogen and oxygen atoms in total. The normalized spacial score (nSPS) is 18.8. The monoisotopic (exact) mass is 312 g/mol. The van der Waals surface area contributed by atoms with Crippen LogP contribution in [0.15, 0.2) is 30.5 Å². The largest absolute Gasteiger partial charge is 0.459 e. The van der Waals surface area contributed by atoms with Gasteiger partial charge < -0.3 is 15.0 Å². The number of carbonyl (C=O) groups is 1. The van der Waals surface area contributed by atoms with Gasteiger partial charge in [-0.25, -0.2) is 0 Å². The minimum Gasteiger partial charge on any atom is -0.459 e. The number of H-pyrrole nitrogens is 1. The third-order valence-electron chi connectivity index (χ3n) is 4.10. The van der Waals surface area contributed by atoms with Gasteiger partial charge in [-0.05, 0) is 45.3 Å². The lowest BCUT2D eigenvalue weighted by atomic mass is 9.94. The van der Waals surface area contributed by atoms with Crippen molar-refractivity contribution in [3.8, 4) is 0 Å². The molecular weight excluding hydrogens is 288 g/mol. The molecule has 1 unspecified atom stereocenters. The summed E-state index contributed by atoms with van der Waals surface area (Å²) in [4.78, 5) is 15.7. The van der Waals surface area contributed by atoms with E-state index in [1.807, 2.05) is 27.0 Å². The third kappa shape index (κ3) is 3.32. The summed E-state index contributed by atoms with van der Waals surface area (Å²) in [6.07, 6.45) is 4.85. The highest BCUT2D eigenvalue weighted by Crippen LogP contribution is 2.31. The molecular formula is C19H24N2O2. The van der Waals surface area contributed by atoms with Crippen molar-refractivity contribution >= 4 is 22.4 Å². The van der Waals surface area contributed by atoms with E-state index in [0.717, 1.165) is 5.52 Å². The molecule has 1 aromatic heterocycles. The second kappa shape index (κ2) is 5.85. The van der Waals surface area contributed by atoms with E-state index in [1.54, 1.807) is 0 Å². The van der Waals surface area contributed by atoms with Crippen molar-refractivity contribution in [2.24, 2.45) is 0 Å². The Morgan fingerprint density at radius 3 is 2.83 bits per heavy atom. The molecule has 1 aromatic carbocycles. The highest BCUT2D eigenvalue weighted by Gasteiger charge is 2.28. The molecule has 122 valence electrons. The zero-order valence-corrected chi connectivity index (χ0v) is 14.2. The number of carbonyl (C=O) groups excluding carboxylic acids is 1. The van der Waals surface area contributed by atoms with Crippen LogP contribution in [0.5, 0.6) is 0 Å². The summed E-state index contributed by atoms with van der Waals surface area (Å²) in [5.74, 6) is -0.181. The van der Waals surface area contributed by atoms with Gasteiger partial charge in [-0.15, -0.1) is 0 Å². The van der Waals surface area contributed by atoms with Crippen LogP contribution in [-0.2, 0) is 9.53 Å². The van der Waals surface area contributed by atoms with Crippen molar-refractivity contribution in [2.75, 3.05) is 6.54 Å². The van der Waals surface area contributed by atoms with Crippen molar-refractivity contribution in [2.45, 2.75) is 45.8 Å². The second-order valence-corrected chi connectivity index (χ2v) is 7.13. The Morgan fingerprint density at radius 1 is 1.30 bits per heavy atom. The van der Waals surface area contributed by atoms with Gasteiger partial charge in [0.05, 0.1) is 0 Å². The number of hydrogen-bond donors (Lipinski definition) is 2. The first-order valence-corrected chi connectivity index (χ1v) is 8.07. The number of aryl methyl sites for hydroxylation is 1. The van der Waals surface area contributed by atoms with Crippen LogP contribution in [0.2, 0.25) is 0 Å². The lowest BCUT2D eigenvalue weighted by molar-refractivity contribution is -0.157. The molecule has 2 N–H and O–H groups in total. The zero-order chi connectivity index (χ0) is 16.6. The second-order valence-electron chi connectivity index (χ2n) is 7.13. The van der Waals surface area contributed by atoms with Gasteiger partial charge in [0.25, 0.3) is 0 Å². The molecule has 1 aliphatic heterocycles. The van der Waals surface area contributed by atoms with Gasteiger partial charge in [-0.2, -0.15) is 0 Å². The van der Waals surface area contributed by atoms with Gasteiger partial charge in [0.1, 0.15) is 11.6 Å². The summed E-state index contributed by atoms with van der Waals surface area (Å²) >= 11 is 0. The van der Waals surface area contributed by atoms with Gasteiger partial charge in [0.15, 0.2) is 0 Å². The van der Waals surface area contributed by atoms with Crippen LogP contribution < -0.4 is 5.32 Å². The highest BCUT2D eigenvalue weighted by molar-refractivity contribution is 5.95. The fourth-order valence-electron chi connectivity index (χ4n) is 3.03. The van der Waals surface area contributed by atoms with Crippen LogP contribution in [0.3, 0.4) is 0 Å². The van der Waals surface area contributed by atoms with Crippen LogP contribution in [0.1, 0.15) is 38.3 Å². The lowest BCUT2D eigenvalue weighted by Crippen LogP contribution is -2.43. The molecule has 0 bridgehead atoms. The molecule has 0 saturated carbocycles. The standard InChI is InChI=1S/C19H24N2O2/c1-12-6-5-7-14-15(11-21-17(12)14)13-8-9-20-16(10-13)18(22)23-19(2,3)4/h5-8,11,16,20-21H,9-10H2,1-4H3. The Hall–Kier alpha value is -2.07. The Kier molecular flexibility index (Phi) is 4.02. The average molecular weight is 312 g/mol. The molecule has 0 radical (unpaired) electrons. The molecule has 23 heavy (non-hydrogen) atoms. The van der Waals surface area contributed by atoms with Crippen LogP contribution in [-0.4, -0.2) is 29.1 Å². The minimum atomic E-state index is -0.460. The summed E-state index contributed by atoms with van der Waals surface area (Å²) in [7, 11) is 0. The van der Waals surface area contributed by atoms with Crippen molar-refractivity contribution in [1.29, 1.82) is 0 Å². The van der Waals surface area contributed by atoms with E-state index in [2.05, 4.69) is 41.5 Å². The summed E-state index contributed by atoms with van der Waals surface area (Å²) in [5.41, 5.74) is 4.30. The summed E-state index contributed by atoms with van der Waals surface area (Å²) < 4.78 is 5.51.